The van der Waals surface area contributed by atoms with Gasteiger partial charge in [-0.15, -0.1) is 0 Å². The fraction of sp³-hybridized carbons (Fsp3) is 1.00. The van der Waals surface area contributed by atoms with Gasteiger partial charge in [-0.25, -0.2) is 0 Å². The summed E-state index contributed by atoms with van der Waals surface area (Å²) >= 11 is 5.92. The van der Waals surface area contributed by atoms with Gasteiger partial charge in [0.25, 0.3) is 0 Å². The minimum atomic E-state index is -1.37. The van der Waals surface area contributed by atoms with Crippen LogP contribution in [-0.2, 0) is 0 Å². The van der Waals surface area contributed by atoms with Crippen molar-refractivity contribution in [3.8, 4) is 0 Å². The lowest BCUT2D eigenvalue weighted by Crippen LogP contribution is -2.25. The summed E-state index contributed by atoms with van der Waals surface area (Å²) in [6.45, 7) is 1.59. The van der Waals surface area contributed by atoms with Crippen LogP contribution >= 0.6 is 31.9 Å². The van der Waals surface area contributed by atoms with Crippen molar-refractivity contribution in [1.29, 1.82) is 0 Å². The van der Waals surface area contributed by atoms with Crippen LogP contribution in [0.15, 0.2) is 0 Å². The number of hydrogen-bond donors (Lipinski definition) is 2. The van der Waals surface area contributed by atoms with E-state index in [0.29, 0.717) is 0 Å². The van der Waals surface area contributed by atoms with Crippen LogP contribution in [0.3, 0.4) is 0 Å². The number of halogens is 2. The van der Waals surface area contributed by atoms with E-state index < -0.39 is 9.52 Å². The maximum atomic E-state index is 8.35. The number of hydrogen-bond acceptors (Lipinski definition) is 2. The minimum Gasteiger partial charge on any atom is -0.366 e. The molecule has 4 heteroatoms. The molecule has 44 valence electrons. The van der Waals surface area contributed by atoms with Gasteiger partial charge in [-0.1, -0.05) is 31.9 Å². The molecule has 2 nitrogen and oxygen atoms in total. The van der Waals surface area contributed by atoms with Crippen molar-refractivity contribution in [2.45, 2.75) is 16.4 Å². The average molecular weight is 234 g/mol. The highest BCUT2D eigenvalue weighted by molar-refractivity contribution is 9.25. The molecule has 0 atom stereocenters. The molecule has 0 aliphatic rings. The Kier molecular flexibility index (Phi) is 2.74. The molecule has 0 amide bonds. The molecule has 0 saturated carbocycles. The minimum absolute atomic E-state index is 0.764. The van der Waals surface area contributed by atoms with Gasteiger partial charge in [-0.2, -0.15) is 0 Å². The lowest BCUT2D eigenvalue weighted by Gasteiger charge is -2.14. The van der Waals surface area contributed by atoms with Crippen LogP contribution in [0.1, 0.15) is 6.92 Å². The van der Waals surface area contributed by atoms with E-state index in [9.17, 15) is 0 Å². The second kappa shape index (κ2) is 2.44. The normalized spacial score (nSPS) is 12.9. The molecule has 0 aliphatic carbocycles. The first-order chi connectivity index (χ1) is 2.94. The summed E-state index contributed by atoms with van der Waals surface area (Å²) in [5.74, 6) is 0. The molecular formula is C3H6Br2O2. The molecule has 0 fully saturated rings. The summed E-state index contributed by atoms with van der Waals surface area (Å²) in [4.78, 5) is 0. The summed E-state index contributed by atoms with van der Waals surface area (Å²) in [6, 6.07) is 0. The Morgan fingerprint density at radius 3 is 1.57 bits per heavy atom. The molecule has 0 aromatic carbocycles. The van der Waals surface area contributed by atoms with Gasteiger partial charge in [0.05, 0.1) is 0 Å². The molecule has 0 spiro atoms. The Bertz CT molecular complexity index is 56.4. The number of aliphatic hydroxyl groups is 2. The lowest BCUT2D eigenvalue weighted by molar-refractivity contribution is -0.0411. The maximum absolute atomic E-state index is 8.35. The summed E-state index contributed by atoms with van der Waals surface area (Å²) in [5.41, 5.74) is 0. The van der Waals surface area contributed by atoms with Crippen LogP contribution in [0, 0.1) is 0 Å². The number of aliphatic hydroxyl groups excluding tert-OH is 1. The van der Waals surface area contributed by atoms with E-state index in [1.54, 1.807) is 6.92 Å². The summed E-state index contributed by atoms with van der Waals surface area (Å²) < 4.78 is -0.764. The maximum Gasteiger partial charge on any atom is 0.176 e. The van der Waals surface area contributed by atoms with Crippen molar-refractivity contribution in [2.75, 3.05) is 0 Å². The highest BCUT2D eigenvalue weighted by Gasteiger charge is 2.23. The summed E-state index contributed by atoms with van der Waals surface area (Å²) in [7, 11) is 0. The van der Waals surface area contributed by atoms with E-state index in [1.807, 2.05) is 0 Å². The Hall–Kier alpha value is 0.880. The van der Waals surface area contributed by atoms with Crippen LogP contribution in [0.4, 0.5) is 0 Å². The van der Waals surface area contributed by atoms with Crippen molar-refractivity contribution >= 4 is 31.9 Å². The molecule has 0 unspecified atom stereocenters. The van der Waals surface area contributed by atoms with Gasteiger partial charge in [0, 0.05) is 0 Å². The molecule has 0 radical (unpaired) electrons. The van der Waals surface area contributed by atoms with Crippen LogP contribution in [-0.4, -0.2) is 19.7 Å². The second-order valence-electron chi connectivity index (χ2n) is 1.33. The van der Waals surface area contributed by atoms with Gasteiger partial charge in [0.1, 0.15) is 3.23 Å². The third-order valence-corrected chi connectivity index (χ3v) is 1.27. The largest absolute Gasteiger partial charge is 0.366 e. The van der Waals surface area contributed by atoms with Crippen molar-refractivity contribution in [1.82, 2.24) is 0 Å². The first-order valence-corrected chi connectivity index (χ1v) is 3.27. The molecule has 0 aromatic rings. The molecule has 0 bridgehead atoms. The van der Waals surface area contributed by atoms with E-state index in [2.05, 4.69) is 31.9 Å². The molecule has 0 heterocycles. The zero-order valence-electron chi connectivity index (χ0n) is 3.73. The third kappa shape index (κ3) is 3.46. The SMILES string of the molecule is CC(Br)(Br)C(O)O. The summed E-state index contributed by atoms with van der Waals surface area (Å²) in [5, 5.41) is 16.7. The Morgan fingerprint density at radius 2 is 1.57 bits per heavy atom. The molecular weight excluding hydrogens is 228 g/mol. The zero-order valence-corrected chi connectivity index (χ0v) is 6.90. The fourth-order valence-electron chi connectivity index (χ4n) is 0. The number of rotatable bonds is 1. The van der Waals surface area contributed by atoms with Gasteiger partial charge < -0.3 is 10.2 Å². The smallest absolute Gasteiger partial charge is 0.176 e. The van der Waals surface area contributed by atoms with E-state index in [0.717, 1.165) is 0 Å². The van der Waals surface area contributed by atoms with Crippen molar-refractivity contribution in [3.63, 3.8) is 0 Å². The van der Waals surface area contributed by atoms with Crippen LogP contribution in [0.5, 0.6) is 0 Å². The highest BCUT2D eigenvalue weighted by Crippen LogP contribution is 2.27. The van der Waals surface area contributed by atoms with E-state index in [4.69, 9.17) is 10.2 Å². The standard InChI is InChI=1S/C3H6Br2O2/c1-3(4,5)2(6)7/h2,6-7H,1H3. The van der Waals surface area contributed by atoms with Gasteiger partial charge in [0.15, 0.2) is 6.29 Å². The zero-order chi connectivity index (χ0) is 6.08. The van der Waals surface area contributed by atoms with Gasteiger partial charge in [-0.05, 0) is 6.92 Å². The second-order valence-corrected chi connectivity index (χ2v) is 5.69. The first-order valence-electron chi connectivity index (χ1n) is 1.68. The summed E-state index contributed by atoms with van der Waals surface area (Å²) in [6.07, 6.45) is -1.37. The van der Waals surface area contributed by atoms with E-state index >= 15 is 0 Å². The fourth-order valence-corrected chi connectivity index (χ4v) is 0. The van der Waals surface area contributed by atoms with Gasteiger partial charge in [0.2, 0.25) is 0 Å². The Labute approximate surface area is 58.8 Å². The monoisotopic (exact) mass is 232 g/mol. The molecule has 0 rings (SSSR count). The first kappa shape index (κ1) is 7.88. The van der Waals surface area contributed by atoms with E-state index in [1.165, 1.54) is 0 Å². The van der Waals surface area contributed by atoms with Crippen molar-refractivity contribution < 1.29 is 10.2 Å². The van der Waals surface area contributed by atoms with E-state index in [-0.39, 0.29) is 0 Å². The lowest BCUT2D eigenvalue weighted by atomic mass is 10.5. The van der Waals surface area contributed by atoms with Crippen molar-refractivity contribution in [3.05, 3.63) is 0 Å². The Morgan fingerprint density at radius 1 is 1.43 bits per heavy atom. The molecule has 0 aliphatic heterocycles. The molecule has 7 heavy (non-hydrogen) atoms. The Balaban J connectivity index is 3.54. The van der Waals surface area contributed by atoms with Crippen LogP contribution < -0.4 is 0 Å². The van der Waals surface area contributed by atoms with Crippen molar-refractivity contribution in [2.24, 2.45) is 0 Å². The third-order valence-electron chi connectivity index (χ3n) is 0.453. The average Bonchev–Trinajstić information content (AvgIpc) is 1.31. The predicted octanol–water partition coefficient (Wildman–Crippen LogP) is 0.803. The molecule has 2 N–H and O–H groups in total. The van der Waals surface area contributed by atoms with Gasteiger partial charge >= 0.3 is 0 Å². The van der Waals surface area contributed by atoms with Crippen LogP contribution in [0.2, 0.25) is 0 Å². The number of alkyl halides is 2. The highest BCUT2D eigenvalue weighted by atomic mass is 79.9. The topological polar surface area (TPSA) is 40.5 Å². The van der Waals surface area contributed by atoms with Gasteiger partial charge in [-0.3, -0.25) is 0 Å². The van der Waals surface area contributed by atoms with Crippen LogP contribution in [0.25, 0.3) is 0 Å². The predicted molar refractivity (Wildman–Crippen MR) is 34.5 cm³/mol. The quantitative estimate of drug-likeness (QED) is 0.520. The molecule has 0 aromatic heterocycles. The molecule has 0 saturated heterocycles.